The number of benzene rings is 1. The molecule has 74 valence electrons. The Morgan fingerprint density at radius 2 is 2.07 bits per heavy atom. The molecule has 14 heavy (non-hydrogen) atoms. The molecule has 0 aromatic heterocycles. The highest BCUT2D eigenvalue weighted by atomic mass is 32.2. The van der Waals surface area contributed by atoms with E-state index in [2.05, 4.69) is 48.9 Å². The molecule has 1 aromatic rings. The van der Waals surface area contributed by atoms with Gasteiger partial charge in [0.25, 0.3) is 0 Å². The van der Waals surface area contributed by atoms with Crippen molar-refractivity contribution in [2.75, 3.05) is 12.8 Å². The summed E-state index contributed by atoms with van der Waals surface area (Å²) in [6.07, 6.45) is 1.17. The fourth-order valence-corrected chi connectivity index (χ4v) is 2.90. The van der Waals surface area contributed by atoms with E-state index in [0.717, 1.165) is 0 Å². The smallest absolute Gasteiger partial charge is 0.207 e. The van der Waals surface area contributed by atoms with Gasteiger partial charge in [0.15, 0.2) is 6.04 Å². The third-order valence-electron chi connectivity index (χ3n) is 2.84. The van der Waals surface area contributed by atoms with Crippen molar-refractivity contribution in [2.45, 2.75) is 19.4 Å². The molecule has 1 aliphatic heterocycles. The van der Waals surface area contributed by atoms with Crippen molar-refractivity contribution in [3.63, 3.8) is 0 Å². The second-order valence-corrected chi connectivity index (χ2v) is 5.00. The summed E-state index contributed by atoms with van der Waals surface area (Å²) < 4.78 is 2.40. The fraction of sp³-hybridized carbons (Fsp3) is 0.417. The van der Waals surface area contributed by atoms with Gasteiger partial charge in [0.1, 0.15) is 7.05 Å². The molecule has 0 N–H and O–H groups in total. The van der Waals surface area contributed by atoms with Crippen molar-refractivity contribution < 1.29 is 4.58 Å². The van der Waals surface area contributed by atoms with Crippen LogP contribution < -0.4 is 0 Å². The van der Waals surface area contributed by atoms with E-state index in [9.17, 15) is 0 Å². The first-order valence-corrected chi connectivity index (χ1v) is 5.99. The summed E-state index contributed by atoms with van der Waals surface area (Å²) in [6.45, 7) is 2.20. The maximum atomic E-state index is 2.40. The average Bonchev–Trinajstić information content (AvgIpc) is 2.52. The van der Waals surface area contributed by atoms with Crippen molar-refractivity contribution in [3.05, 3.63) is 35.9 Å². The Morgan fingerprint density at radius 1 is 1.36 bits per heavy atom. The predicted octanol–water partition coefficient (Wildman–Crippen LogP) is 2.41. The van der Waals surface area contributed by atoms with Crippen LogP contribution in [0.5, 0.6) is 0 Å². The number of nitrogens with zero attached hydrogens (tertiary/aromatic N) is 1. The highest BCUT2D eigenvalue weighted by molar-refractivity contribution is 8.13. The van der Waals surface area contributed by atoms with E-state index in [4.69, 9.17) is 0 Å². The molecule has 0 radical (unpaired) electrons. The lowest BCUT2D eigenvalue weighted by Crippen LogP contribution is -2.24. The number of likely N-dealkylation sites (N-methyl/N-ethyl adjacent to an activating group) is 1. The summed E-state index contributed by atoms with van der Waals surface area (Å²) in [6, 6.07) is 11.4. The van der Waals surface area contributed by atoms with Crippen LogP contribution in [-0.4, -0.2) is 28.5 Å². The van der Waals surface area contributed by atoms with Gasteiger partial charge in [0.2, 0.25) is 5.04 Å². The third kappa shape index (κ3) is 2.01. The van der Waals surface area contributed by atoms with Gasteiger partial charge in [-0.15, -0.1) is 0 Å². The van der Waals surface area contributed by atoms with Gasteiger partial charge in [-0.1, -0.05) is 42.1 Å². The van der Waals surface area contributed by atoms with Crippen molar-refractivity contribution in [3.8, 4) is 0 Å². The minimum atomic E-state index is 0.683. The number of hydrogen-bond acceptors (Lipinski definition) is 1. The van der Waals surface area contributed by atoms with Gasteiger partial charge in [0.05, 0.1) is 5.75 Å². The number of rotatable bonds is 2. The van der Waals surface area contributed by atoms with Gasteiger partial charge in [-0.05, 0) is 5.56 Å². The lowest BCUT2D eigenvalue weighted by Gasteiger charge is -2.06. The molecule has 0 amide bonds. The van der Waals surface area contributed by atoms with Crippen LogP contribution in [-0.2, 0) is 6.42 Å². The minimum Gasteiger partial charge on any atom is -0.227 e. The first-order chi connectivity index (χ1) is 6.77. The molecule has 1 aromatic carbocycles. The van der Waals surface area contributed by atoms with E-state index in [0.29, 0.717) is 6.04 Å². The van der Waals surface area contributed by atoms with E-state index in [1.54, 1.807) is 0 Å². The minimum absolute atomic E-state index is 0.683. The molecule has 1 nitrogen and oxygen atoms in total. The fourth-order valence-electron chi connectivity index (χ4n) is 1.77. The molecule has 0 bridgehead atoms. The van der Waals surface area contributed by atoms with Crippen molar-refractivity contribution >= 4 is 16.8 Å². The summed E-state index contributed by atoms with van der Waals surface area (Å²) in [7, 11) is 2.20. The Balaban J connectivity index is 2.07. The van der Waals surface area contributed by atoms with Gasteiger partial charge >= 0.3 is 0 Å². The average molecular weight is 206 g/mol. The zero-order valence-corrected chi connectivity index (χ0v) is 9.55. The quantitative estimate of drug-likeness (QED) is 0.672. The van der Waals surface area contributed by atoms with Gasteiger partial charge in [-0.25, -0.2) is 4.58 Å². The summed E-state index contributed by atoms with van der Waals surface area (Å²) in [4.78, 5) is 0. The molecule has 0 saturated carbocycles. The van der Waals surface area contributed by atoms with Crippen LogP contribution in [0.1, 0.15) is 12.5 Å². The Kier molecular flexibility index (Phi) is 2.92. The van der Waals surface area contributed by atoms with Crippen molar-refractivity contribution in [2.24, 2.45) is 0 Å². The molecule has 1 aliphatic rings. The molecule has 1 atom stereocenters. The Hall–Kier alpha value is -0.760. The highest BCUT2D eigenvalue weighted by Gasteiger charge is 2.27. The molecular weight excluding hydrogens is 190 g/mol. The van der Waals surface area contributed by atoms with Crippen LogP contribution in [0, 0.1) is 0 Å². The second-order valence-electron chi connectivity index (χ2n) is 3.78. The van der Waals surface area contributed by atoms with Gasteiger partial charge in [-0.2, -0.15) is 0 Å². The lowest BCUT2D eigenvalue weighted by molar-refractivity contribution is -0.526. The summed E-state index contributed by atoms with van der Waals surface area (Å²) in [5.74, 6) is 1.23. The second kappa shape index (κ2) is 4.18. The highest BCUT2D eigenvalue weighted by Crippen LogP contribution is 2.19. The van der Waals surface area contributed by atoms with Crippen molar-refractivity contribution in [1.29, 1.82) is 0 Å². The van der Waals surface area contributed by atoms with Crippen LogP contribution >= 0.6 is 11.8 Å². The Bertz CT molecular complexity index is 343. The monoisotopic (exact) mass is 206 g/mol. The van der Waals surface area contributed by atoms with E-state index in [-0.39, 0.29) is 0 Å². The maximum absolute atomic E-state index is 2.40. The largest absolute Gasteiger partial charge is 0.227 e. The van der Waals surface area contributed by atoms with Gasteiger partial charge in [-0.3, -0.25) is 0 Å². The predicted molar refractivity (Wildman–Crippen MR) is 63.3 cm³/mol. The number of thioether (sulfide) groups is 1. The van der Waals surface area contributed by atoms with Gasteiger partial charge < -0.3 is 0 Å². The molecule has 1 heterocycles. The molecule has 0 unspecified atom stereocenters. The van der Waals surface area contributed by atoms with Crippen LogP contribution in [0.15, 0.2) is 30.3 Å². The van der Waals surface area contributed by atoms with E-state index in [1.165, 1.54) is 22.8 Å². The maximum Gasteiger partial charge on any atom is 0.207 e. The van der Waals surface area contributed by atoms with E-state index in [1.807, 2.05) is 11.8 Å². The van der Waals surface area contributed by atoms with Gasteiger partial charge in [0, 0.05) is 13.3 Å². The lowest BCUT2D eigenvalue weighted by atomic mass is 10.1. The molecule has 2 rings (SSSR count). The Labute approximate surface area is 89.8 Å². The normalized spacial score (nSPS) is 21.7. The van der Waals surface area contributed by atoms with Crippen molar-refractivity contribution in [1.82, 2.24) is 0 Å². The van der Waals surface area contributed by atoms with Crippen LogP contribution in [0.4, 0.5) is 0 Å². The summed E-state index contributed by atoms with van der Waals surface area (Å²) in [5.41, 5.74) is 1.44. The van der Waals surface area contributed by atoms with Crippen LogP contribution in [0.25, 0.3) is 0 Å². The molecule has 0 fully saturated rings. The molecule has 2 heteroatoms. The Morgan fingerprint density at radius 3 is 2.64 bits per heavy atom. The zero-order chi connectivity index (χ0) is 9.97. The molecule has 0 spiro atoms. The topological polar surface area (TPSA) is 3.01 Å². The van der Waals surface area contributed by atoms with E-state index < -0.39 is 0 Å². The molecular formula is C12H16NS+. The van der Waals surface area contributed by atoms with E-state index >= 15 is 0 Å². The summed E-state index contributed by atoms with van der Waals surface area (Å²) in [5, 5.41) is 1.45. The summed E-state index contributed by atoms with van der Waals surface area (Å²) >= 11 is 1.98. The zero-order valence-electron chi connectivity index (χ0n) is 8.73. The number of hydrogen-bond donors (Lipinski definition) is 0. The van der Waals surface area contributed by atoms with Crippen LogP contribution in [0.3, 0.4) is 0 Å². The first-order valence-electron chi connectivity index (χ1n) is 5.00. The molecule has 0 saturated heterocycles. The SMILES string of the molecule is CC1=[N+](C)[C@@H](Cc2ccccc2)CS1. The first kappa shape index (κ1) is 9.78. The third-order valence-corrected chi connectivity index (χ3v) is 4.10. The molecule has 0 aliphatic carbocycles. The van der Waals surface area contributed by atoms with Crippen LogP contribution in [0.2, 0.25) is 0 Å². The standard InChI is InChI=1S/C12H16NS/c1-10-13(2)12(9-14-10)8-11-6-4-3-5-7-11/h3-7,12H,8-9H2,1-2H3/q+1/t12-/m0/s1.